The summed E-state index contributed by atoms with van der Waals surface area (Å²) in [6.45, 7) is 3.10. The molecule has 1 aliphatic rings. The van der Waals surface area contributed by atoms with Crippen molar-refractivity contribution in [3.05, 3.63) is 0 Å². The molecule has 0 aromatic carbocycles. The lowest BCUT2D eigenvalue weighted by molar-refractivity contribution is 0.150. The summed E-state index contributed by atoms with van der Waals surface area (Å²) in [6.07, 6.45) is 4.92. The van der Waals surface area contributed by atoms with Crippen molar-refractivity contribution in [3.8, 4) is 0 Å². The van der Waals surface area contributed by atoms with Gasteiger partial charge in [0.2, 0.25) is 10.0 Å². The van der Waals surface area contributed by atoms with E-state index in [9.17, 15) is 8.42 Å². The summed E-state index contributed by atoms with van der Waals surface area (Å²) >= 11 is 0. The molecule has 1 aliphatic carbocycles. The Hall–Kier alpha value is -0.130. The third kappa shape index (κ3) is 3.74. The van der Waals surface area contributed by atoms with Crippen LogP contribution >= 0.6 is 0 Å². The SMILES string of the molecule is CCCCS(=O)(=O)NCC1(CN)CCC1. The number of hydrogen-bond donors (Lipinski definition) is 2. The zero-order valence-corrected chi connectivity index (χ0v) is 10.3. The highest BCUT2D eigenvalue weighted by Gasteiger charge is 2.36. The van der Waals surface area contributed by atoms with E-state index in [0.29, 0.717) is 13.1 Å². The third-order valence-corrected chi connectivity index (χ3v) is 4.69. The van der Waals surface area contributed by atoms with E-state index in [1.165, 1.54) is 6.42 Å². The van der Waals surface area contributed by atoms with Gasteiger partial charge in [0.05, 0.1) is 5.75 Å². The van der Waals surface area contributed by atoms with E-state index in [1.807, 2.05) is 6.92 Å². The first-order valence-corrected chi connectivity index (χ1v) is 7.36. The van der Waals surface area contributed by atoms with Gasteiger partial charge in [0.1, 0.15) is 0 Å². The van der Waals surface area contributed by atoms with Gasteiger partial charge in [-0.1, -0.05) is 19.8 Å². The minimum Gasteiger partial charge on any atom is -0.330 e. The Morgan fingerprint density at radius 1 is 1.40 bits per heavy atom. The molecule has 0 heterocycles. The van der Waals surface area contributed by atoms with Gasteiger partial charge < -0.3 is 5.73 Å². The van der Waals surface area contributed by atoms with Crippen LogP contribution in [0.3, 0.4) is 0 Å². The van der Waals surface area contributed by atoms with Crippen molar-refractivity contribution in [2.45, 2.75) is 39.0 Å². The summed E-state index contributed by atoms with van der Waals surface area (Å²) in [5, 5.41) is 0. The van der Waals surface area contributed by atoms with Crippen LogP contribution in [0, 0.1) is 5.41 Å². The molecule has 0 aliphatic heterocycles. The van der Waals surface area contributed by atoms with Crippen LogP contribution in [0.1, 0.15) is 39.0 Å². The quantitative estimate of drug-likeness (QED) is 0.685. The average Bonchev–Trinajstić information content (AvgIpc) is 2.14. The highest BCUT2D eigenvalue weighted by atomic mass is 32.2. The van der Waals surface area contributed by atoms with E-state index in [4.69, 9.17) is 5.73 Å². The number of rotatable bonds is 7. The van der Waals surface area contributed by atoms with Crippen molar-refractivity contribution in [2.75, 3.05) is 18.8 Å². The number of unbranched alkanes of at least 4 members (excludes halogenated alkanes) is 1. The van der Waals surface area contributed by atoms with Crippen LogP contribution in [0.15, 0.2) is 0 Å². The van der Waals surface area contributed by atoms with Gasteiger partial charge in [-0.3, -0.25) is 0 Å². The van der Waals surface area contributed by atoms with E-state index in [0.717, 1.165) is 25.7 Å². The predicted molar refractivity (Wildman–Crippen MR) is 62.0 cm³/mol. The van der Waals surface area contributed by atoms with Gasteiger partial charge in [-0.2, -0.15) is 0 Å². The normalized spacial score (nSPS) is 19.9. The standard InChI is InChI=1S/C10H22N2O2S/c1-2-3-7-15(13,14)12-9-10(8-11)5-4-6-10/h12H,2-9,11H2,1H3. The third-order valence-electron chi connectivity index (χ3n) is 3.28. The van der Waals surface area contributed by atoms with E-state index < -0.39 is 10.0 Å². The van der Waals surface area contributed by atoms with E-state index in [-0.39, 0.29) is 11.2 Å². The fourth-order valence-corrected chi connectivity index (χ4v) is 3.14. The minimum atomic E-state index is -3.07. The molecular formula is C10H22N2O2S. The number of sulfonamides is 1. The largest absolute Gasteiger partial charge is 0.330 e. The highest BCUT2D eigenvalue weighted by molar-refractivity contribution is 7.89. The lowest BCUT2D eigenvalue weighted by Gasteiger charge is -2.40. The Morgan fingerprint density at radius 2 is 2.07 bits per heavy atom. The highest BCUT2D eigenvalue weighted by Crippen LogP contribution is 2.39. The molecule has 0 unspecified atom stereocenters. The van der Waals surface area contributed by atoms with Crippen LogP contribution in [0.5, 0.6) is 0 Å². The second-order valence-electron chi connectivity index (χ2n) is 4.55. The summed E-state index contributed by atoms with van der Waals surface area (Å²) in [5.74, 6) is 0.240. The van der Waals surface area contributed by atoms with Gasteiger partial charge >= 0.3 is 0 Å². The Bertz CT molecular complexity index is 278. The molecule has 0 aromatic heterocycles. The molecule has 4 nitrogen and oxygen atoms in total. The molecule has 1 saturated carbocycles. The van der Waals surface area contributed by atoms with Crippen molar-refractivity contribution < 1.29 is 8.42 Å². The molecule has 3 N–H and O–H groups in total. The fraction of sp³-hybridized carbons (Fsp3) is 1.00. The lowest BCUT2D eigenvalue weighted by Crippen LogP contribution is -2.47. The van der Waals surface area contributed by atoms with E-state index >= 15 is 0 Å². The van der Waals surface area contributed by atoms with E-state index in [2.05, 4.69) is 4.72 Å². The molecule has 5 heteroatoms. The summed E-state index contributed by atoms with van der Waals surface area (Å²) in [4.78, 5) is 0. The van der Waals surface area contributed by atoms with Crippen LogP contribution < -0.4 is 10.5 Å². The number of nitrogens with two attached hydrogens (primary N) is 1. The summed E-state index contributed by atoms with van der Waals surface area (Å²) in [6, 6.07) is 0. The second-order valence-corrected chi connectivity index (χ2v) is 6.48. The van der Waals surface area contributed by atoms with Gasteiger partial charge in [-0.25, -0.2) is 13.1 Å². The summed E-state index contributed by atoms with van der Waals surface area (Å²) in [5.41, 5.74) is 5.72. The molecule has 0 aromatic rings. The zero-order chi connectivity index (χ0) is 11.4. The Morgan fingerprint density at radius 3 is 2.47 bits per heavy atom. The molecule has 0 atom stereocenters. The maximum absolute atomic E-state index is 11.5. The molecule has 1 fully saturated rings. The molecule has 90 valence electrons. The van der Waals surface area contributed by atoms with Gasteiger partial charge in [0, 0.05) is 6.54 Å². The molecule has 0 bridgehead atoms. The summed E-state index contributed by atoms with van der Waals surface area (Å²) < 4.78 is 25.8. The van der Waals surface area contributed by atoms with Crippen LogP contribution in [0.25, 0.3) is 0 Å². The van der Waals surface area contributed by atoms with Crippen LogP contribution in [0.4, 0.5) is 0 Å². The van der Waals surface area contributed by atoms with Crippen LogP contribution in [0.2, 0.25) is 0 Å². The zero-order valence-electron chi connectivity index (χ0n) is 9.46. The molecular weight excluding hydrogens is 212 g/mol. The van der Waals surface area contributed by atoms with Gasteiger partial charge in [-0.15, -0.1) is 0 Å². The Kier molecular flexibility index (Phi) is 4.55. The second kappa shape index (κ2) is 5.27. The minimum absolute atomic E-state index is 0.0548. The van der Waals surface area contributed by atoms with E-state index in [1.54, 1.807) is 0 Å². The average molecular weight is 234 g/mol. The fourth-order valence-electron chi connectivity index (χ4n) is 1.80. The maximum Gasteiger partial charge on any atom is 0.211 e. The van der Waals surface area contributed by atoms with Crippen LogP contribution in [-0.2, 0) is 10.0 Å². The van der Waals surface area contributed by atoms with Gasteiger partial charge in [-0.05, 0) is 31.2 Å². The van der Waals surface area contributed by atoms with Crippen LogP contribution in [-0.4, -0.2) is 27.3 Å². The maximum atomic E-state index is 11.5. The number of hydrogen-bond acceptors (Lipinski definition) is 3. The lowest BCUT2D eigenvalue weighted by atomic mass is 9.69. The van der Waals surface area contributed by atoms with Gasteiger partial charge in [0.15, 0.2) is 0 Å². The predicted octanol–water partition coefficient (Wildman–Crippen LogP) is 0.835. The van der Waals surface area contributed by atoms with Gasteiger partial charge in [0.25, 0.3) is 0 Å². The number of nitrogens with one attached hydrogen (secondary N) is 1. The van der Waals surface area contributed by atoms with Crippen molar-refractivity contribution in [1.29, 1.82) is 0 Å². The molecule has 15 heavy (non-hydrogen) atoms. The molecule has 0 amide bonds. The first kappa shape index (κ1) is 12.9. The smallest absolute Gasteiger partial charge is 0.211 e. The molecule has 0 saturated heterocycles. The molecule has 0 radical (unpaired) electrons. The first-order chi connectivity index (χ1) is 7.04. The first-order valence-electron chi connectivity index (χ1n) is 5.71. The van der Waals surface area contributed by atoms with Crippen molar-refractivity contribution >= 4 is 10.0 Å². The summed E-state index contributed by atoms with van der Waals surface area (Å²) in [7, 11) is -3.07. The Labute approximate surface area is 92.7 Å². The Balaban J connectivity index is 2.35. The molecule has 1 rings (SSSR count). The molecule has 0 spiro atoms. The van der Waals surface area contributed by atoms with Crippen molar-refractivity contribution in [1.82, 2.24) is 4.72 Å². The van der Waals surface area contributed by atoms with Crippen molar-refractivity contribution in [2.24, 2.45) is 11.1 Å². The van der Waals surface area contributed by atoms with Crippen molar-refractivity contribution in [3.63, 3.8) is 0 Å². The monoisotopic (exact) mass is 234 g/mol. The topological polar surface area (TPSA) is 72.2 Å².